The zero-order valence-electron chi connectivity index (χ0n) is 12.9. The molecule has 0 aliphatic carbocycles. The van der Waals surface area contributed by atoms with Crippen molar-refractivity contribution in [1.29, 1.82) is 0 Å². The summed E-state index contributed by atoms with van der Waals surface area (Å²) < 4.78 is 0. The Morgan fingerprint density at radius 2 is 1.57 bits per heavy atom. The zero-order valence-corrected chi connectivity index (χ0v) is 13.7. The molecule has 0 bridgehead atoms. The van der Waals surface area contributed by atoms with Gasteiger partial charge in [-0.15, -0.1) is 11.3 Å². The fourth-order valence-corrected chi connectivity index (χ4v) is 3.23. The van der Waals surface area contributed by atoms with Crippen molar-refractivity contribution in [2.75, 3.05) is 4.90 Å². The number of aryl methyl sites for hydroxylation is 1. The van der Waals surface area contributed by atoms with E-state index in [4.69, 9.17) is 0 Å². The molecule has 1 heterocycles. The molecule has 0 aliphatic heterocycles. The number of carbonyl (C=O) groups is 1. The summed E-state index contributed by atoms with van der Waals surface area (Å²) >= 11 is 1.71. The molecule has 0 atom stereocenters. The lowest BCUT2D eigenvalue weighted by Gasteiger charge is -2.23. The molecule has 0 unspecified atom stereocenters. The van der Waals surface area contributed by atoms with E-state index < -0.39 is 0 Å². The SMILES string of the molecule is O=C(CCc1cccs1)N(Cc1ccccc1)c1ccccc1. The summed E-state index contributed by atoms with van der Waals surface area (Å²) in [6.45, 7) is 0.605. The molecule has 1 aromatic heterocycles. The number of nitrogens with zero attached hydrogens (tertiary/aromatic N) is 1. The van der Waals surface area contributed by atoms with Gasteiger partial charge in [0.05, 0.1) is 6.54 Å². The van der Waals surface area contributed by atoms with Gasteiger partial charge in [-0.05, 0) is 35.6 Å². The highest BCUT2D eigenvalue weighted by molar-refractivity contribution is 7.09. The second-order valence-corrected chi connectivity index (χ2v) is 6.41. The Morgan fingerprint density at radius 1 is 0.870 bits per heavy atom. The molecule has 3 rings (SSSR count). The van der Waals surface area contributed by atoms with Crippen LogP contribution in [0, 0.1) is 0 Å². The molecule has 2 nitrogen and oxygen atoms in total. The standard InChI is InChI=1S/C20H19NOS/c22-20(14-13-19-12-7-15-23-19)21(18-10-5-2-6-11-18)16-17-8-3-1-4-9-17/h1-12,15H,13-14,16H2. The number of thiophene rings is 1. The highest BCUT2D eigenvalue weighted by Gasteiger charge is 2.16. The minimum atomic E-state index is 0.161. The van der Waals surface area contributed by atoms with Crippen LogP contribution in [0.3, 0.4) is 0 Å². The van der Waals surface area contributed by atoms with E-state index in [-0.39, 0.29) is 5.91 Å². The average Bonchev–Trinajstić information content (AvgIpc) is 3.13. The van der Waals surface area contributed by atoms with Crippen LogP contribution >= 0.6 is 11.3 Å². The first-order chi connectivity index (χ1) is 11.3. The van der Waals surface area contributed by atoms with Gasteiger partial charge in [0.25, 0.3) is 0 Å². The summed E-state index contributed by atoms with van der Waals surface area (Å²) in [5.74, 6) is 0.161. The molecule has 0 radical (unpaired) electrons. The van der Waals surface area contributed by atoms with Gasteiger partial charge in [0.15, 0.2) is 0 Å². The van der Waals surface area contributed by atoms with Crippen molar-refractivity contribution in [3.8, 4) is 0 Å². The molecule has 0 fully saturated rings. The first kappa shape index (κ1) is 15.5. The van der Waals surface area contributed by atoms with Crippen LogP contribution in [0.15, 0.2) is 78.2 Å². The predicted molar refractivity (Wildman–Crippen MR) is 96.7 cm³/mol. The van der Waals surface area contributed by atoms with Crippen molar-refractivity contribution in [1.82, 2.24) is 0 Å². The van der Waals surface area contributed by atoms with Crippen molar-refractivity contribution in [2.24, 2.45) is 0 Å². The Kier molecular flexibility index (Phi) is 5.22. The highest BCUT2D eigenvalue weighted by atomic mass is 32.1. The molecule has 0 spiro atoms. The molecule has 0 aliphatic rings. The Hall–Kier alpha value is -2.39. The van der Waals surface area contributed by atoms with Crippen molar-refractivity contribution in [3.05, 3.63) is 88.6 Å². The van der Waals surface area contributed by atoms with Gasteiger partial charge < -0.3 is 4.90 Å². The topological polar surface area (TPSA) is 20.3 Å². The number of para-hydroxylation sites is 1. The third-order valence-corrected chi connectivity index (χ3v) is 4.65. The fraction of sp³-hybridized carbons (Fsp3) is 0.150. The van der Waals surface area contributed by atoms with Crippen LogP contribution in [0.2, 0.25) is 0 Å². The molecule has 0 N–H and O–H groups in total. The Balaban J connectivity index is 1.75. The van der Waals surface area contributed by atoms with Crippen LogP contribution in [-0.2, 0) is 17.8 Å². The predicted octanol–water partition coefficient (Wildman–Crippen LogP) is 4.91. The second kappa shape index (κ2) is 7.75. The number of benzene rings is 2. The normalized spacial score (nSPS) is 10.4. The lowest BCUT2D eigenvalue weighted by atomic mass is 10.1. The number of rotatable bonds is 6. The van der Waals surface area contributed by atoms with E-state index in [0.717, 1.165) is 17.7 Å². The number of hydrogen-bond donors (Lipinski definition) is 0. The van der Waals surface area contributed by atoms with E-state index in [1.54, 1.807) is 11.3 Å². The Morgan fingerprint density at radius 3 is 2.22 bits per heavy atom. The molecule has 23 heavy (non-hydrogen) atoms. The molecular formula is C20H19NOS. The Labute approximate surface area is 141 Å². The molecule has 3 heteroatoms. The van der Waals surface area contributed by atoms with E-state index in [0.29, 0.717) is 13.0 Å². The largest absolute Gasteiger partial charge is 0.308 e. The summed E-state index contributed by atoms with van der Waals surface area (Å²) in [6.07, 6.45) is 1.33. The molecule has 1 amide bonds. The van der Waals surface area contributed by atoms with Gasteiger partial charge in [-0.1, -0.05) is 54.6 Å². The van der Waals surface area contributed by atoms with Crippen LogP contribution in [0.4, 0.5) is 5.69 Å². The minimum Gasteiger partial charge on any atom is -0.308 e. The van der Waals surface area contributed by atoms with Crippen LogP contribution in [0.5, 0.6) is 0 Å². The third-order valence-electron chi connectivity index (χ3n) is 3.72. The van der Waals surface area contributed by atoms with Gasteiger partial charge in [0, 0.05) is 17.0 Å². The van der Waals surface area contributed by atoms with E-state index >= 15 is 0 Å². The number of amides is 1. The third kappa shape index (κ3) is 4.30. The van der Waals surface area contributed by atoms with Crippen LogP contribution < -0.4 is 4.90 Å². The van der Waals surface area contributed by atoms with Gasteiger partial charge in [-0.3, -0.25) is 4.79 Å². The summed E-state index contributed by atoms with van der Waals surface area (Å²) in [4.78, 5) is 15.9. The van der Waals surface area contributed by atoms with Crippen LogP contribution in [0.25, 0.3) is 0 Å². The molecule has 3 aromatic rings. The minimum absolute atomic E-state index is 0.161. The maximum atomic E-state index is 12.8. The number of anilines is 1. The maximum Gasteiger partial charge on any atom is 0.227 e. The van der Waals surface area contributed by atoms with Crippen molar-refractivity contribution in [2.45, 2.75) is 19.4 Å². The summed E-state index contributed by atoms with van der Waals surface area (Å²) in [7, 11) is 0. The highest BCUT2D eigenvalue weighted by Crippen LogP contribution is 2.19. The van der Waals surface area contributed by atoms with E-state index in [1.165, 1.54) is 4.88 Å². The van der Waals surface area contributed by atoms with Crippen molar-refractivity contribution >= 4 is 22.9 Å². The molecule has 0 saturated carbocycles. The molecule has 0 saturated heterocycles. The van der Waals surface area contributed by atoms with Crippen LogP contribution in [0.1, 0.15) is 16.9 Å². The van der Waals surface area contributed by atoms with Crippen molar-refractivity contribution < 1.29 is 4.79 Å². The lowest BCUT2D eigenvalue weighted by Crippen LogP contribution is -2.30. The van der Waals surface area contributed by atoms with Crippen LogP contribution in [-0.4, -0.2) is 5.91 Å². The van der Waals surface area contributed by atoms with E-state index in [9.17, 15) is 4.79 Å². The van der Waals surface area contributed by atoms with Gasteiger partial charge >= 0.3 is 0 Å². The fourth-order valence-electron chi connectivity index (χ4n) is 2.52. The second-order valence-electron chi connectivity index (χ2n) is 5.38. The summed E-state index contributed by atoms with van der Waals surface area (Å²) in [6, 6.07) is 24.1. The van der Waals surface area contributed by atoms with Gasteiger partial charge in [-0.2, -0.15) is 0 Å². The number of carbonyl (C=O) groups excluding carboxylic acids is 1. The monoisotopic (exact) mass is 321 g/mol. The molecule has 2 aromatic carbocycles. The zero-order chi connectivity index (χ0) is 15.9. The first-order valence-corrected chi connectivity index (χ1v) is 8.62. The average molecular weight is 321 g/mol. The smallest absolute Gasteiger partial charge is 0.227 e. The van der Waals surface area contributed by atoms with E-state index in [1.807, 2.05) is 59.5 Å². The van der Waals surface area contributed by atoms with Gasteiger partial charge in [0.2, 0.25) is 5.91 Å². The molecular weight excluding hydrogens is 302 g/mol. The van der Waals surface area contributed by atoms with Crippen molar-refractivity contribution in [3.63, 3.8) is 0 Å². The molecule has 116 valence electrons. The summed E-state index contributed by atoms with van der Waals surface area (Å²) in [5, 5.41) is 2.05. The quantitative estimate of drug-likeness (QED) is 0.631. The maximum absolute atomic E-state index is 12.8. The Bertz CT molecular complexity index is 723. The van der Waals surface area contributed by atoms with Gasteiger partial charge in [-0.25, -0.2) is 0 Å². The van der Waals surface area contributed by atoms with Gasteiger partial charge in [0.1, 0.15) is 0 Å². The first-order valence-electron chi connectivity index (χ1n) is 7.74. The van der Waals surface area contributed by atoms with E-state index in [2.05, 4.69) is 23.6 Å². The summed E-state index contributed by atoms with van der Waals surface area (Å²) in [5.41, 5.74) is 2.09. The lowest BCUT2D eigenvalue weighted by molar-refractivity contribution is -0.118. The number of hydrogen-bond acceptors (Lipinski definition) is 2.